The van der Waals surface area contributed by atoms with Gasteiger partial charge in [0.25, 0.3) is 0 Å². The van der Waals surface area contributed by atoms with Crippen molar-refractivity contribution in [3.8, 4) is 0 Å². The molecular weight excluding hydrogens is 228 g/mol. The van der Waals surface area contributed by atoms with Gasteiger partial charge in [0, 0.05) is 0 Å². The summed E-state index contributed by atoms with van der Waals surface area (Å²) in [7, 11) is 0. The molecule has 0 radical (unpaired) electrons. The molecule has 0 aromatic heterocycles. The second-order valence-corrected chi connectivity index (χ2v) is 5.34. The number of allylic oxidation sites excluding steroid dienone is 5. The summed E-state index contributed by atoms with van der Waals surface area (Å²) in [5.41, 5.74) is 4.91. The van der Waals surface area contributed by atoms with Gasteiger partial charge >= 0.3 is 0 Å². The number of hydrogen-bond acceptors (Lipinski definition) is 0. The van der Waals surface area contributed by atoms with Crippen LogP contribution < -0.4 is 0 Å². The van der Waals surface area contributed by atoms with Crippen LogP contribution in [0.15, 0.2) is 35.5 Å². The summed E-state index contributed by atoms with van der Waals surface area (Å²) in [6.45, 7) is 13.1. The standard InChI is InChI=1S/C19H34/c1-6-11-16-18(14-9-4)19(15-10-5)17(12-7-2)13-8-3/h7,16H,2,6,8-15H2,1,3-5H3. The van der Waals surface area contributed by atoms with E-state index < -0.39 is 0 Å². The van der Waals surface area contributed by atoms with Gasteiger partial charge in [0.1, 0.15) is 0 Å². The minimum atomic E-state index is 1.07. The van der Waals surface area contributed by atoms with Gasteiger partial charge in [-0.3, -0.25) is 0 Å². The third-order valence-electron chi connectivity index (χ3n) is 3.46. The van der Waals surface area contributed by atoms with Crippen molar-refractivity contribution in [3.63, 3.8) is 0 Å². The molecule has 0 aliphatic carbocycles. The van der Waals surface area contributed by atoms with E-state index in [0.717, 1.165) is 6.42 Å². The van der Waals surface area contributed by atoms with E-state index in [1.807, 2.05) is 0 Å². The summed E-state index contributed by atoms with van der Waals surface area (Å²) in [6.07, 6.45) is 15.5. The van der Waals surface area contributed by atoms with E-state index in [1.54, 1.807) is 16.7 Å². The number of rotatable bonds is 11. The quantitative estimate of drug-likeness (QED) is 0.278. The van der Waals surface area contributed by atoms with Crippen LogP contribution in [0.2, 0.25) is 0 Å². The molecule has 0 amide bonds. The fraction of sp³-hybridized carbons (Fsp3) is 0.684. The van der Waals surface area contributed by atoms with Crippen molar-refractivity contribution in [2.75, 3.05) is 0 Å². The molecule has 0 nitrogen and oxygen atoms in total. The first-order chi connectivity index (χ1) is 9.24. The first-order valence-corrected chi connectivity index (χ1v) is 8.26. The first-order valence-electron chi connectivity index (χ1n) is 8.26. The molecule has 0 aromatic carbocycles. The highest BCUT2D eigenvalue weighted by molar-refractivity contribution is 5.36. The Morgan fingerprint density at radius 1 is 0.842 bits per heavy atom. The lowest BCUT2D eigenvalue weighted by Gasteiger charge is -2.17. The van der Waals surface area contributed by atoms with Crippen LogP contribution >= 0.6 is 0 Å². The first kappa shape index (κ1) is 18.2. The molecule has 0 aromatic rings. The Balaban J connectivity index is 5.37. The zero-order valence-electron chi connectivity index (χ0n) is 13.7. The average Bonchev–Trinajstić information content (AvgIpc) is 2.41. The van der Waals surface area contributed by atoms with Crippen LogP contribution in [0.5, 0.6) is 0 Å². The van der Waals surface area contributed by atoms with Gasteiger partial charge in [0.2, 0.25) is 0 Å². The van der Waals surface area contributed by atoms with Crippen LogP contribution in [0.3, 0.4) is 0 Å². The highest BCUT2D eigenvalue weighted by Gasteiger charge is 2.09. The predicted molar refractivity (Wildman–Crippen MR) is 89.6 cm³/mol. The number of unbranched alkanes of at least 4 members (excludes halogenated alkanes) is 1. The maximum Gasteiger partial charge on any atom is -0.0136 e. The topological polar surface area (TPSA) is 0 Å². The van der Waals surface area contributed by atoms with Gasteiger partial charge in [-0.1, -0.05) is 71.1 Å². The van der Waals surface area contributed by atoms with Crippen molar-refractivity contribution < 1.29 is 0 Å². The van der Waals surface area contributed by atoms with E-state index in [-0.39, 0.29) is 0 Å². The maximum atomic E-state index is 3.94. The molecule has 0 atom stereocenters. The van der Waals surface area contributed by atoms with Crippen molar-refractivity contribution in [3.05, 3.63) is 35.5 Å². The Morgan fingerprint density at radius 2 is 1.47 bits per heavy atom. The fourth-order valence-electron chi connectivity index (χ4n) is 2.63. The Bertz CT molecular complexity index is 291. The molecule has 19 heavy (non-hydrogen) atoms. The molecule has 0 aliphatic rings. The second-order valence-electron chi connectivity index (χ2n) is 5.34. The minimum absolute atomic E-state index is 1.07. The van der Waals surface area contributed by atoms with Crippen LogP contribution in [0.4, 0.5) is 0 Å². The van der Waals surface area contributed by atoms with Gasteiger partial charge in [0.05, 0.1) is 0 Å². The summed E-state index contributed by atoms with van der Waals surface area (Å²) in [5, 5.41) is 0. The van der Waals surface area contributed by atoms with Crippen molar-refractivity contribution in [1.29, 1.82) is 0 Å². The lowest BCUT2D eigenvalue weighted by molar-refractivity contribution is 0.792. The molecular formula is C19H34. The van der Waals surface area contributed by atoms with Gasteiger partial charge in [-0.15, -0.1) is 6.58 Å². The fourth-order valence-corrected chi connectivity index (χ4v) is 2.63. The maximum absolute atomic E-state index is 3.94. The van der Waals surface area contributed by atoms with E-state index >= 15 is 0 Å². The monoisotopic (exact) mass is 262 g/mol. The summed E-state index contributed by atoms with van der Waals surface area (Å²) >= 11 is 0. The summed E-state index contributed by atoms with van der Waals surface area (Å²) < 4.78 is 0. The molecule has 110 valence electrons. The Kier molecular flexibility index (Phi) is 11.8. The van der Waals surface area contributed by atoms with Crippen LogP contribution in [-0.2, 0) is 0 Å². The molecule has 0 spiro atoms. The lowest BCUT2D eigenvalue weighted by atomic mass is 9.88. The predicted octanol–water partition coefficient (Wildman–Crippen LogP) is 6.99. The smallest absolute Gasteiger partial charge is 0.0136 e. The normalized spacial score (nSPS) is 13.4. The van der Waals surface area contributed by atoms with Crippen molar-refractivity contribution in [2.24, 2.45) is 0 Å². The van der Waals surface area contributed by atoms with Gasteiger partial charge in [-0.25, -0.2) is 0 Å². The van der Waals surface area contributed by atoms with E-state index in [2.05, 4.69) is 46.4 Å². The van der Waals surface area contributed by atoms with Gasteiger partial charge in [0.15, 0.2) is 0 Å². The molecule has 0 saturated heterocycles. The zero-order chi connectivity index (χ0) is 14.5. The van der Waals surface area contributed by atoms with E-state index in [0.29, 0.717) is 0 Å². The Labute approximate surface area is 121 Å². The van der Waals surface area contributed by atoms with Crippen LogP contribution in [0.1, 0.15) is 85.5 Å². The summed E-state index contributed by atoms with van der Waals surface area (Å²) in [6, 6.07) is 0. The highest BCUT2D eigenvalue weighted by atomic mass is 14.1. The Hall–Kier alpha value is -0.780. The molecule has 0 bridgehead atoms. The van der Waals surface area contributed by atoms with Crippen molar-refractivity contribution in [2.45, 2.75) is 85.5 Å². The molecule has 0 saturated carbocycles. The lowest BCUT2D eigenvalue weighted by Crippen LogP contribution is -1.98. The van der Waals surface area contributed by atoms with Crippen LogP contribution in [0, 0.1) is 0 Å². The molecule has 0 N–H and O–H groups in total. The van der Waals surface area contributed by atoms with E-state index in [1.165, 1.54) is 51.4 Å². The van der Waals surface area contributed by atoms with Gasteiger partial charge < -0.3 is 0 Å². The summed E-state index contributed by atoms with van der Waals surface area (Å²) in [4.78, 5) is 0. The molecule has 0 heterocycles. The highest BCUT2D eigenvalue weighted by Crippen LogP contribution is 2.29. The third-order valence-corrected chi connectivity index (χ3v) is 3.46. The number of hydrogen-bond donors (Lipinski definition) is 0. The average molecular weight is 262 g/mol. The Morgan fingerprint density at radius 3 is 1.95 bits per heavy atom. The summed E-state index contributed by atoms with van der Waals surface area (Å²) in [5.74, 6) is 0. The van der Waals surface area contributed by atoms with Crippen molar-refractivity contribution >= 4 is 0 Å². The third kappa shape index (κ3) is 7.40. The van der Waals surface area contributed by atoms with Crippen LogP contribution in [-0.4, -0.2) is 0 Å². The minimum Gasteiger partial charge on any atom is -0.103 e. The molecule has 0 fully saturated rings. The molecule has 0 unspecified atom stereocenters. The SMILES string of the molecule is C=CCC(CCC)=C(CCC)C(=CCCC)CCC. The van der Waals surface area contributed by atoms with Crippen molar-refractivity contribution in [1.82, 2.24) is 0 Å². The molecule has 0 heteroatoms. The largest absolute Gasteiger partial charge is 0.103 e. The molecule has 0 rings (SSSR count). The van der Waals surface area contributed by atoms with E-state index in [9.17, 15) is 0 Å². The van der Waals surface area contributed by atoms with E-state index in [4.69, 9.17) is 0 Å². The molecule has 0 aliphatic heterocycles. The zero-order valence-corrected chi connectivity index (χ0v) is 13.7. The second kappa shape index (κ2) is 12.3. The van der Waals surface area contributed by atoms with Gasteiger partial charge in [-0.2, -0.15) is 0 Å². The van der Waals surface area contributed by atoms with Crippen LogP contribution in [0.25, 0.3) is 0 Å². The van der Waals surface area contributed by atoms with Gasteiger partial charge in [-0.05, 0) is 43.3 Å².